The average Bonchev–Trinajstić information content (AvgIpc) is 3.02. The van der Waals surface area contributed by atoms with Crippen LogP contribution in [0.1, 0.15) is 45.1 Å². The van der Waals surface area contributed by atoms with Crippen LogP contribution >= 0.6 is 0 Å². The SMILES string of the molecule is C=CC[C@H]1[C@@H]2OC(CC)(CC)O[C@@H]2CCN1S(=O)(=O)c1ccc(C)cc1. The molecule has 0 saturated carbocycles. The van der Waals surface area contributed by atoms with Crippen molar-refractivity contribution in [2.24, 2.45) is 0 Å². The third-order valence-corrected chi connectivity index (χ3v) is 7.52. The van der Waals surface area contributed by atoms with Gasteiger partial charge in [-0.2, -0.15) is 4.31 Å². The maximum Gasteiger partial charge on any atom is 0.243 e. The first kappa shape index (κ1) is 19.5. The maximum atomic E-state index is 13.3. The summed E-state index contributed by atoms with van der Waals surface area (Å²) in [6.07, 6.45) is 4.13. The molecule has 26 heavy (non-hydrogen) atoms. The Morgan fingerprint density at radius 3 is 2.46 bits per heavy atom. The van der Waals surface area contributed by atoms with Gasteiger partial charge in [0.05, 0.1) is 17.0 Å². The van der Waals surface area contributed by atoms with Crippen molar-refractivity contribution < 1.29 is 17.9 Å². The Morgan fingerprint density at radius 1 is 1.23 bits per heavy atom. The van der Waals surface area contributed by atoms with Gasteiger partial charge >= 0.3 is 0 Å². The molecule has 5 nitrogen and oxygen atoms in total. The third kappa shape index (κ3) is 3.36. The highest BCUT2D eigenvalue weighted by molar-refractivity contribution is 7.89. The van der Waals surface area contributed by atoms with Gasteiger partial charge in [-0.15, -0.1) is 6.58 Å². The fourth-order valence-electron chi connectivity index (χ4n) is 3.98. The van der Waals surface area contributed by atoms with E-state index in [2.05, 4.69) is 6.58 Å². The summed E-state index contributed by atoms with van der Waals surface area (Å²) in [4.78, 5) is 0.326. The van der Waals surface area contributed by atoms with Crippen molar-refractivity contribution in [3.05, 3.63) is 42.5 Å². The summed E-state index contributed by atoms with van der Waals surface area (Å²) in [5.41, 5.74) is 1.04. The van der Waals surface area contributed by atoms with Crippen LogP contribution in [0.4, 0.5) is 0 Å². The predicted molar refractivity (Wildman–Crippen MR) is 101 cm³/mol. The average molecular weight is 380 g/mol. The van der Waals surface area contributed by atoms with Crippen LogP contribution in [-0.2, 0) is 19.5 Å². The fourth-order valence-corrected chi connectivity index (χ4v) is 5.64. The van der Waals surface area contributed by atoms with E-state index in [-0.39, 0.29) is 18.2 Å². The molecule has 1 aromatic carbocycles. The van der Waals surface area contributed by atoms with Gasteiger partial charge in [0.2, 0.25) is 10.0 Å². The number of ether oxygens (including phenoxy) is 2. The Bertz CT molecular complexity index is 740. The summed E-state index contributed by atoms with van der Waals surface area (Å²) < 4.78 is 40.7. The first-order valence-corrected chi connectivity index (χ1v) is 10.9. The van der Waals surface area contributed by atoms with Gasteiger partial charge in [0.25, 0.3) is 0 Å². The summed E-state index contributed by atoms with van der Waals surface area (Å²) in [6.45, 7) is 10.3. The predicted octanol–water partition coefficient (Wildman–Crippen LogP) is 3.63. The first-order chi connectivity index (χ1) is 12.4. The molecule has 1 aromatic rings. The topological polar surface area (TPSA) is 55.8 Å². The number of fused-ring (bicyclic) bond motifs is 1. The summed E-state index contributed by atoms with van der Waals surface area (Å²) in [6, 6.07) is 6.72. The van der Waals surface area contributed by atoms with Crippen molar-refractivity contribution >= 4 is 10.0 Å². The minimum Gasteiger partial charge on any atom is -0.344 e. The van der Waals surface area contributed by atoms with E-state index in [1.54, 1.807) is 22.5 Å². The molecule has 2 fully saturated rings. The Labute approximate surface area is 157 Å². The summed E-state index contributed by atoms with van der Waals surface area (Å²) >= 11 is 0. The molecule has 0 aromatic heterocycles. The molecule has 3 rings (SSSR count). The van der Waals surface area contributed by atoms with Gasteiger partial charge in [0.1, 0.15) is 6.10 Å². The van der Waals surface area contributed by atoms with Gasteiger partial charge in [0, 0.05) is 6.54 Å². The van der Waals surface area contributed by atoms with Gasteiger partial charge < -0.3 is 9.47 Å². The molecule has 0 bridgehead atoms. The number of sulfonamides is 1. The third-order valence-electron chi connectivity index (χ3n) is 5.58. The van der Waals surface area contributed by atoms with Crippen LogP contribution in [0.5, 0.6) is 0 Å². The van der Waals surface area contributed by atoms with E-state index < -0.39 is 15.8 Å². The first-order valence-electron chi connectivity index (χ1n) is 9.42. The van der Waals surface area contributed by atoms with Gasteiger partial charge in [-0.25, -0.2) is 8.42 Å². The van der Waals surface area contributed by atoms with Crippen LogP contribution in [0.25, 0.3) is 0 Å². The number of benzene rings is 1. The molecule has 0 aliphatic carbocycles. The van der Waals surface area contributed by atoms with Crippen LogP contribution in [0.15, 0.2) is 41.8 Å². The summed E-state index contributed by atoms with van der Waals surface area (Å²) in [5.74, 6) is -0.599. The second kappa shape index (κ2) is 7.43. The second-order valence-electron chi connectivity index (χ2n) is 7.17. The van der Waals surface area contributed by atoms with E-state index in [0.29, 0.717) is 24.3 Å². The Hall–Kier alpha value is -1.21. The minimum atomic E-state index is -3.59. The molecular weight excluding hydrogens is 350 g/mol. The zero-order valence-corrected chi connectivity index (χ0v) is 16.7. The molecule has 144 valence electrons. The molecular formula is C20H29NO4S. The molecule has 0 spiro atoms. The summed E-state index contributed by atoms with van der Waals surface area (Å²) in [5, 5.41) is 0. The molecule has 2 heterocycles. The van der Waals surface area contributed by atoms with Gasteiger partial charge in [0.15, 0.2) is 5.79 Å². The van der Waals surface area contributed by atoms with Crippen LogP contribution in [0.2, 0.25) is 0 Å². The second-order valence-corrected chi connectivity index (χ2v) is 9.06. The van der Waals surface area contributed by atoms with Crippen molar-refractivity contribution in [2.75, 3.05) is 6.54 Å². The van der Waals surface area contributed by atoms with E-state index in [9.17, 15) is 8.42 Å². The standard InChI is InChI=1S/C20H29NO4S/c1-5-8-17-19-18(24-20(6-2,7-3)25-19)13-14-21(17)26(22,23)16-11-9-15(4)10-12-16/h5,9-12,17-19H,1,6-8,13-14H2,2-4H3/t17-,18+,19-/m0/s1. The minimum absolute atomic E-state index is 0.0654. The van der Waals surface area contributed by atoms with E-state index in [4.69, 9.17) is 9.47 Å². The number of nitrogens with zero attached hydrogens (tertiary/aromatic N) is 1. The number of hydrogen-bond acceptors (Lipinski definition) is 4. The molecule has 0 amide bonds. The smallest absolute Gasteiger partial charge is 0.243 e. The van der Waals surface area contributed by atoms with Crippen molar-refractivity contribution in [1.82, 2.24) is 4.31 Å². The van der Waals surface area contributed by atoms with Crippen molar-refractivity contribution in [1.29, 1.82) is 0 Å². The zero-order chi connectivity index (χ0) is 18.9. The molecule has 0 unspecified atom stereocenters. The molecule has 2 aliphatic heterocycles. The van der Waals surface area contributed by atoms with E-state index >= 15 is 0 Å². The van der Waals surface area contributed by atoms with Crippen molar-refractivity contribution in [2.45, 2.75) is 75.4 Å². The van der Waals surface area contributed by atoms with Crippen molar-refractivity contribution in [3.8, 4) is 0 Å². The fraction of sp³-hybridized carbons (Fsp3) is 0.600. The van der Waals surface area contributed by atoms with Gasteiger partial charge in [-0.3, -0.25) is 0 Å². The highest BCUT2D eigenvalue weighted by atomic mass is 32.2. The lowest BCUT2D eigenvalue weighted by atomic mass is 9.96. The quantitative estimate of drug-likeness (QED) is 0.708. The molecule has 2 aliphatic rings. The number of hydrogen-bond donors (Lipinski definition) is 0. The Kier molecular flexibility index (Phi) is 5.58. The molecule has 2 saturated heterocycles. The molecule has 6 heteroatoms. The highest BCUT2D eigenvalue weighted by Crippen LogP contribution is 2.42. The lowest BCUT2D eigenvalue weighted by Crippen LogP contribution is -2.55. The van der Waals surface area contributed by atoms with E-state index in [1.165, 1.54) is 0 Å². The lowest BCUT2D eigenvalue weighted by molar-refractivity contribution is -0.180. The van der Waals surface area contributed by atoms with Gasteiger partial charge in [-0.05, 0) is 44.7 Å². The van der Waals surface area contributed by atoms with Crippen molar-refractivity contribution in [3.63, 3.8) is 0 Å². The molecule has 0 radical (unpaired) electrons. The van der Waals surface area contributed by atoms with Crippen LogP contribution in [0, 0.1) is 6.92 Å². The van der Waals surface area contributed by atoms with Crippen LogP contribution < -0.4 is 0 Å². The van der Waals surface area contributed by atoms with Crippen LogP contribution in [-0.4, -0.2) is 43.3 Å². The number of piperidine rings is 1. The Morgan fingerprint density at radius 2 is 1.88 bits per heavy atom. The molecule has 0 N–H and O–H groups in total. The monoisotopic (exact) mass is 379 g/mol. The number of rotatable bonds is 6. The zero-order valence-electron chi connectivity index (χ0n) is 15.8. The van der Waals surface area contributed by atoms with E-state index in [1.807, 2.05) is 32.9 Å². The van der Waals surface area contributed by atoms with Gasteiger partial charge in [-0.1, -0.05) is 37.6 Å². The number of aryl methyl sites for hydroxylation is 1. The van der Waals surface area contributed by atoms with E-state index in [0.717, 1.165) is 18.4 Å². The van der Waals surface area contributed by atoms with Crippen LogP contribution in [0.3, 0.4) is 0 Å². The normalized spacial score (nSPS) is 28.7. The summed E-state index contributed by atoms with van der Waals surface area (Å²) in [7, 11) is -3.59. The maximum absolute atomic E-state index is 13.3. The molecule has 3 atom stereocenters. The largest absolute Gasteiger partial charge is 0.344 e. The highest BCUT2D eigenvalue weighted by Gasteiger charge is 2.53. The lowest BCUT2D eigenvalue weighted by Gasteiger charge is -2.39. The Balaban J connectivity index is 1.93.